The van der Waals surface area contributed by atoms with E-state index in [1.54, 1.807) is 24.3 Å². The van der Waals surface area contributed by atoms with E-state index in [9.17, 15) is 18.7 Å². The van der Waals surface area contributed by atoms with E-state index in [0.717, 1.165) is 0 Å². The molecule has 2 aromatic heterocycles. The average Bonchev–Trinajstić information content (AvgIpc) is 3.34. The molecule has 38 heavy (non-hydrogen) atoms. The van der Waals surface area contributed by atoms with E-state index in [2.05, 4.69) is 30.6 Å². The van der Waals surface area contributed by atoms with Gasteiger partial charge in [-0.3, -0.25) is 9.36 Å². The predicted molar refractivity (Wildman–Crippen MR) is 133 cm³/mol. The fraction of sp³-hybridized carbons (Fsp3) is 0.542. The molecule has 2 fully saturated rings. The van der Waals surface area contributed by atoms with E-state index in [0.29, 0.717) is 69.0 Å². The van der Waals surface area contributed by atoms with Crippen molar-refractivity contribution in [1.29, 1.82) is 0 Å². The summed E-state index contributed by atoms with van der Waals surface area (Å²) in [6.45, 7) is 1.48. The highest BCUT2D eigenvalue weighted by Gasteiger charge is 2.27. The van der Waals surface area contributed by atoms with Gasteiger partial charge in [0.15, 0.2) is 11.9 Å². The number of imidazole rings is 1. The van der Waals surface area contributed by atoms with E-state index in [-0.39, 0.29) is 24.0 Å². The van der Waals surface area contributed by atoms with Gasteiger partial charge in [0.2, 0.25) is 17.8 Å². The monoisotopic (exact) mass is 532 g/mol. The van der Waals surface area contributed by atoms with E-state index in [1.807, 2.05) is 4.90 Å². The number of aliphatic hydroxyl groups is 2. The van der Waals surface area contributed by atoms with Crippen molar-refractivity contribution >= 4 is 28.8 Å². The number of nitrogens with one attached hydrogen (secondary N) is 2. The third-order valence-corrected chi connectivity index (χ3v) is 6.77. The number of nitrogens with zero attached hydrogens (tertiary/aromatic N) is 6. The van der Waals surface area contributed by atoms with Gasteiger partial charge in [0, 0.05) is 25.2 Å². The van der Waals surface area contributed by atoms with Crippen LogP contribution in [0, 0.1) is 0 Å². The van der Waals surface area contributed by atoms with Crippen molar-refractivity contribution in [3.8, 4) is 5.95 Å². The molecule has 12 nitrogen and oxygen atoms in total. The lowest BCUT2D eigenvalue weighted by Crippen LogP contribution is -2.45. The second kappa shape index (κ2) is 11.5. The highest BCUT2D eigenvalue weighted by Crippen LogP contribution is 2.28. The number of fused-ring (bicyclic) bond motifs is 1. The van der Waals surface area contributed by atoms with Gasteiger partial charge < -0.3 is 30.5 Å². The van der Waals surface area contributed by atoms with Gasteiger partial charge in [-0.05, 0) is 37.8 Å². The molecule has 0 bridgehead atoms. The molecule has 0 spiro atoms. The third-order valence-electron chi connectivity index (χ3n) is 6.77. The minimum absolute atomic E-state index is 0.0205. The molecule has 3 heterocycles. The van der Waals surface area contributed by atoms with Crippen molar-refractivity contribution in [2.45, 2.75) is 50.3 Å². The number of benzene rings is 1. The maximum atomic E-state index is 14.0. The number of hydrogen-bond acceptors (Lipinski definition) is 10. The lowest BCUT2D eigenvalue weighted by molar-refractivity contribution is -0.132. The Bertz CT molecular complexity index is 1260. The van der Waals surface area contributed by atoms with E-state index >= 15 is 0 Å². The largest absolute Gasteiger partial charge is 0.393 e. The molecule has 3 aromatic rings. The minimum Gasteiger partial charge on any atom is -0.393 e. The molecular weight excluding hydrogens is 502 g/mol. The Morgan fingerprint density at radius 1 is 1.03 bits per heavy atom. The summed E-state index contributed by atoms with van der Waals surface area (Å²) in [6.07, 6.45) is -1.60. The molecule has 14 heteroatoms. The third kappa shape index (κ3) is 5.66. The fourth-order valence-corrected chi connectivity index (χ4v) is 4.77. The van der Waals surface area contributed by atoms with Crippen LogP contribution < -0.4 is 15.5 Å². The van der Waals surface area contributed by atoms with Crippen molar-refractivity contribution in [1.82, 2.24) is 29.8 Å². The second-order valence-corrected chi connectivity index (χ2v) is 9.35. The fourth-order valence-electron chi connectivity index (χ4n) is 4.77. The second-order valence-electron chi connectivity index (χ2n) is 9.35. The summed E-state index contributed by atoms with van der Waals surface area (Å²) in [5, 5.41) is 24.5. The zero-order valence-corrected chi connectivity index (χ0v) is 20.6. The molecule has 1 unspecified atom stereocenters. The van der Waals surface area contributed by atoms with Gasteiger partial charge in [0.25, 0.3) is 12.3 Å². The smallest absolute Gasteiger partial charge is 0.296 e. The van der Waals surface area contributed by atoms with Crippen LogP contribution in [0.1, 0.15) is 37.9 Å². The molecule has 1 saturated carbocycles. The molecule has 4 N–H and O–H groups in total. The van der Waals surface area contributed by atoms with Gasteiger partial charge >= 0.3 is 0 Å². The molecule has 1 aromatic carbocycles. The Labute approximate surface area is 217 Å². The quantitative estimate of drug-likeness (QED) is 0.333. The molecule has 0 radical (unpaired) electrons. The molecule has 1 aliphatic carbocycles. The minimum atomic E-state index is -2.84. The first kappa shape index (κ1) is 26.1. The molecule has 5 rings (SSSR count). The summed E-state index contributed by atoms with van der Waals surface area (Å²) in [5.74, 6) is -0.372. The molecule has 1 saturated heterocycles. The predicted octanol–water partition coefficient (Wildman–Crippen LogP) is 1.18. The van der Waals surface area contributed by atoms with Gasteiger partial charge in [-0.15, -0.1) is 0 Å². The number of halogens is 2. The SMILES string of the molecule is O=C(N[C@H]1CC[C@H](Nc2nc(N3CCOCC3)nc(-n3c(C(F)F)nc4ccccc43)n2)CC1)C(O)CO. The van der Waals surface area contributed by atoms with Gasteiger partial charge in [0.1, 0.15) is 0 Å². The first-order valence-electron chi connectivity index (χ1n) is 12.6. The Hall–Kier alpha value is -3.49. The summed E-state index contributed by atoms with van der Waals surface area (Å²) in [4.78, 5) is 31.6. The lowest BCUT2D eigenvalue weighted by atomic mass is 9.91. The van der Waals surface area contributed by atoms with Crippen molar-refractivity contribution in [3.63, 3.8) is 0 Å². The number of alkyl halides is 2. The van der Waals surface area contributed by atoms with Crippen LogP contribution in [0.15, 0.2) is 24.3 Å². The van der Waals surface area contributed by atoms with Gasteiger partial charge in [-0.25, -0.2) is 13.8 Å². The van der Waals surface area contributed by atoms with Gasteiger partial charge in [-0.2, -0.15) is 15.0 Å². The van der Waals surface area contributed by atoms with Crippen LogP contribution in [-0.2, 0) is 9.53 Å². The van der Waals surface area contributed by atoms with Crippen LogP contribution in [0.4, 0.5) is 20.7 Å². The number of rotatable bonds is 8. The number of hydrogen-bond donors (Lipinski definition) is 4. The Morgan fingerprint density at radius 3 is 2.42 bits per heavy atom. The summed E-state index contributed by atoms with van der Waals surface area (Å²) in [5.41, 5.74) is 0.881. The Morgan fingerprint density at radius 2 is 1.71 bits per heavy atom. The van der Waals surface area contributed by atoms with Crippen LogP contribution in [-0.4, -0.2) is 91.7 Å². The van der Waals surface area contributed by atoms with Crippen molar-refractivity contribution < 1.29 is 28.5 Å². The van der Waals surface area contributed by atoms with E-state index in [1.165, 1.54) is 4.57 Å². The first-order valence-corrected chi connectivity index (χ1v) is 12.6. The normalized spacial score (nSPS) is 21.0. The summed E-state index contributed by atoms with van der Waals surface area (Å²) in [7, 11) is 0. The van der Waals surface area contributed by atoms with Crippen LogP contribution in [0.2, 0.25) is 0 Å². The van der Waals surface area contributed by atoms with Crippen LogP contribution in [0.5, 0.6) is 0 Å². The topological polar surface area (TPSA) is 151 Å². The van der Waals surface area contributed by atoms with Gasteiger partial charge in [0.05, 0.1) is 30.9 Å². The molecule has 1 atom stereocenters. The Balaban J connectivity index is 1.41. The molecule has 204 valence electrons. The number of ether oxygens (including phenoxy) is 1. The van der Waals surface area contributed by atoms with Crippen LogP contribution >= 0.6 is 0 Å². The van der Waals surface area contributed by atoms with E-state index in [4.69, 9.17) is 9.84 Å². The van der Waals surface area contributed by atoms with Crippen LogP contribution in [0.3, 0.4) is 0 Å². The number of carbonyl (C=O) groups is 1. The molecule has 1 aliphatic heterocycles. The highest BCUT2D eigenvalue weighted by molar-refractivity contribution is 5.81. The van der Waals surface area contributed by atoms with Crippen LogP contribution in [0.25, 0.3) is 17.0 Å². The number of morpholine rings is 1. The number of carbonyl (C=O) groups excluding carboxylic acids is 1. The summed E-state index contributed by atoms with van der Waals surface area (Å²) < 4.78 is 34.8. The van der Waals surface area contributed by atoms with Gasteiger partial charge in [-0.1, -0.05) is 12.1 Å². The summed E-state index contributed by atoms with van der Waals surface area (Å²) >= 11 is 0. The molecule has 1 amide bonds. The highest BCUT2D eigenvalue weighted by atomic mass is 19.3. The zero-order chi connectivity index (χ0) is 26.6. The first-order chi connectivity index (χ1) is 18.4. The van der Waals surface area contributed by atoms with Crippen molar-refractivity contribution in [2.24, 2.45) is 0 Å². The average molecular weight is 533 g/mol. The Kier molecular flexibility index (Phi) is 7.90. The number of para-hydroxylation sites is 2. The molecule has 2 aliphatic rings. The number of amides is 1. The maximum absolute atomic E-state index is 14.0. The standard InChI is InChI=1S/C24H30F2N8O4/c25-19(26)20-29-16-3-1-2-4-17(16)34(20)24-31-22(30-23(32-24)33-9-11-38-12-10-33)28-15-7-5-14(6-8-15)27-21(37)18(36)13-35/h1-4,14-15,18-19,35-36H,5-13H2,(H,27,37)(H,28,30,31,32)/t14-,15-,18?. The number of anilines is 2. The number of aliphatic hydroxyl groups excluding tert-OH is 2. The summed E-state index contributed by atoms with van der Waals surface area (Å²) in [6, 6.07) is 6.70. The zero-order valence-electron chi connectivity index (χ0n) is 20.6. The van der Waals surface area contributed by atoms with E-state index < -0.39 is 30.9 Å². The molecular formula is C24H30F2N8O4. The lowest BCUT2D eigenvalue weighted by Gasteiger charge is -2.31. The number of aromatic nitrogens is 5. The maximum Gasteiger partial charge on any atom is 0.296 e. The van der Waals surface area contributed by atoms with Crippen molar-refractivity contribution in [3.05, 3.63) is 30.1 Å². The van der Waals surface area contributed by atoms with Crippen molar-refractivity contribution in [2.75, 3.05) is 43.1 Å².